The largest absolute Gasteiger partial charge is 0.453 e. The second-order valence-electron chi connectivity index (χ2n) is 16.4. The Bertz CT molecular complexity index is 1930. The van der Waals surface area contributed by atoms with Crippen molar-refractivity contribution in [2.24, 2.45) is 11.8 Å². The Labute approximate surface area is 367 Å². The molecule has 0 aromatic heterocycles. The van der Waals surface area contributed by atoms with Crippen LogP contribution in [0.1, 0.15) is 49.7 Å². The summed E-state index contributed by atoms with van der Waals surface area (Å²) in [5.41, 5.74) is 4.24. The van der Waals surface area contributed by atoms with E-state index in [2.05, 4.69) is 26.2 Å². The SMILES string of the molecule is COC(=O)NC(C(=O)N1CCCC1C(=O)Nc1ccc(CN(Cc2ccc(NC(=O)C3CCCN3C(=O)C(NC(=O)OC)C3CCOC3)cc2)c2ccccc2)cc1)C1CCOC1. The highest BCUT2D eigenvalue weighted by Gasteiger charge is 2.43. The lowest BCUT2D eigenvalue weighted by molar-refractivity contribution is -0.139. The van der Waals surface area contributed by atoms with Gasteiger partial charge in [-0.1, -0.05) is 42.5 Å². The van der Waals surface area contributed by atoms with Crippen molar-refractivity contribution in [1.29, 1.82) is 0 Å². The maximum Gasteiger partial charge on any atom is 0.407 e. The molecule has 4 aliphatic heterocycles. The van der Waals surface area contributed by atoms with Crippen molar-refractivity contribution in [2.45, 2.75) is 75.8 Å². The lowest BCUT2D eigenvalue weighted by Crippen LogP contribution is -2.55. The second kappa shape index (κ2) is 21.3. The van der Waals surface area contributed by atoms with Gasteiger partial charge < -0.3 is 54.9 Å². The highest BCUT2D eigenvalue weighted by molar-refractivity contribution is 5.99. The minimum Gasteiger partial charge on any atom is -0.453 e. The molecule has 4 fully saturated rings. The molecule has 4 saturated heterocycles. The van der Waals surface area contributed by atoms with Crippen molar-refractivity contribution < 1.29 is 47.7 Å². The number of carbonyl (C=O) groups is 6. The number of likely N-dealkylation sites (tertiary alicyclic amines) is 2. The molecule has 17 heteroatoms. The van der Waals surface area contributed by atoms with E-state index in [1.807, 2.05) is 78.9 Å². The van der Waals surface area contributed by atoms with Gasteiger partial charge in [0.1, 0.15) is 24.2 Å². The third kappa shape index (κ3) is 11.3. The zero-order valence-electron chi connectivity index (χ0n) is 35.8. The summed E-state index contributed by atoms with van der Waals surface area (Å²) in [5.74, 6) is -1.62. The average Bonchev–Trinajstić information content (AvgIpc) is 4.17. The Kier molecular flexibility index (Phi) is 15.1. The van der Waals surface area contributed by atoms with E-state index in [4.69, 9.17) is 18.9 Å². The Morgan fingerprint density at radius 2 is 1.05 bits per heavy atom. The molecular weight excluding hydrogens is 811 g/mol. The van der Waals surface area contributed by atoms with Crippen LogP contribution in [0.3, 0.4) is 0 Å². The Morgan fingerprint density at radius 1 is 0.619 bits per heavy atom. The maximum atomic E-state index is 13.7. The first kappa shape index (κ1) is 44.8. The first-order valence-electron chi connectivity index (χ1n) is 21.7. The van der Waals surface area contributed by atoms with Crippen molar-refractivity contribution in [2.75, 3.05) is 69.3 Å². The molecule has 336 valence electrons. The summed E-state index contributed by atoms with van der Waals surface area (Å²) >= 11 is 0. The molecule has 7 rings (SSSR count). The molecule has 0 spiro atoms. The van der Waals surface area contributed by atoms with Crippen LogP contribution >= 0.6 is 0 Å². The van der Waals surface area contributed by atoms with Gasteiger partial charge in [0.2, 0.25) is 23.6 Å². The Balaban J connectivity index is 0.958. The number of benzene rings is 3. The molecule has 0 aliphatic carbocycles. The Morgan fingerprint density at radius 3 is 1.43 bits per heavy atom. The van der Waals surface area contributed by atoms with Gasteiger partial charge in [-0.05, 0) is 86.1 Å². The summed E-state index contributed by atoms with van der Waals surface area (Å²) in [4.78, 5) is 84.3. The van der Waals surface area contributed by atoms with Crippen molar-refractivity contribution in [3.05, 3.63) is 90.0 Å². The predicted octanol–water partition coefficient (Wildman–Crippen LogP) is 4.27. The van der Waals surface area contributed by atoms with E-state index in [-0.39, 0.29) is 35.5 Å². The van der Waals surface area contributed by atoms with E-state index in [1.54, 1.807) is 9.80 Å². The first-order valence-corrected chi connectivity index (χ1v) is 21.7. The maximum absolute atomic E-state index is 13.7. The fraction of sp³-hybridized carbons (Fsp3) is 0.478. The number of amides is 6. The molecule has 6 amide bonds. The number of para-hydroxylation sites is 1. The van der Waals surface area contributed by atoms with E-state index in [0.29, 0.717) is 103 Å². The van der Waals surface area contributed by atoms with Crippen molar-refractivity contribution >= 4 is 52.9 Å². The average molecular weight is 868 g/mol. The van der Waals surface area contributed by atoms with Crippen LogP contribution in [0.5, 0.6) is 0 Å². The van der Waals surface area contributed by atoms with Gasteiger partial charge in [-0.3, -0.25) is 19.2 Å². The smallest absolute Gasteiger partial charge is 0.407 e. The van der Waals surface area contributed by atoms with E-state index < -0.39 is 36.4 Å². The molecule has 63 heavy (non-hydrogen) atoms. The summed E-state index contributed by atoms with van der Waals surface area (Å²) < 4.78 is 20.5. The lowest BCUT2D eigenvalue weighted by atomic mass is 9.97. The number of nitrogens with zero attached hydrogens (tertiary/aromatic N) is 3. The number of alkyl carbamates (subject to hydrolysis) is 2. The van der Waals surface area contributed by atoms with E-state index in [1.165, 1.54) is 14.2 Å². The van der Waals surface area contributed by atoms with Gasteiger partial charge in [-0.25, -0.2) is 9.59 Å². The van der Waals surface area contributed by atoms with Crippen molar-refractivity contribution in [3.63, 3.8) is 0 Å². The lowest BCUT2D eigenvalue weighted by Gasteiger charge is -2.30. The third-order valence-corrected chi connectivity index (χ3v) is 12.3. The number of methoxy groups -OCH3 is 2. The zero-order chi connectivity index (χ0) is 44.3. The number of anilines is 3. The minimum absolute atomic E-state index is 0.208. The Hall–Kier alpha value is -6.20. The predicted molar refractivity (Wildman–Crippen MR) is 232 cm³/mol. The second-order valence-corrected chi connectivity index (χ2v) is 16.4. The first-order chi connectivity index (χ1) is 30.6. The molecule has 0 bridgehead atoms. The number of hydrogen-bond acceptors (Lipinski definition) is 11. The van der Waals surface area contributed by atoms with Gasteiger partial charge in [0.05, 0.1) is 27.4 Å². The highest BCUT2D eigenvalue weighted by atomic mass is 16.5. The number of ether oxygens (including phenoxy) is 4. The zero-order valence-corrected chi connectivity index (χ0v) is 35.8. The monoisotopic (exact) mass is 867 g/mol. The van der Waals surface area contributed by atoms with Gasteiger partial charge in [-0.15, -0.1) is 0 Å². The molecule has 6 atom stereocenters. The van der Waals surface area contributed by atoms with Crippen LogP contribution in [-0.4, -0.2) is 124 Å². The van der Waals surface area contributed by atoms with Crippen LogP contribution in [0.25, 0.3) is 0 Å². The highest BCUT2D eigenvalue weighted by Crippen LogP contribution is 2.28. The third-order valence-electron chi connectivity index (χ3n) is 12.3. The van der Waals surface area contributed by atoms with Gasteiger partial charge in [0.25, 0.3) is 0 Å². The molecule has 4 heterocycles. The number of carbonyl (C=O) groups excluding carboxylic acids is 6. The molecule has 3 aromatic rings. The quantitative estimate of drug-likeness (QED) is 0.170. The summed E-state index contributed by atoms with van der Waals surface area (Å²) in [6.07, 6.45) is 2.19. The number of rotatable bonds is 15. The normalized spacial score (nSPS) is 21.6. The summed E-state index contributed by atoms with van der Waals surface area (Å²) in [5, 5.41) is 11.3. The van der Waals surface area contributed by atoms with Gasteiger partial charge in [0, 0.05) is 68.3 Å². The van der Waals surface area contributed by atoms with Crippen LogP contribution in [-0.2, 0) is 51.2 Å². The molecule has 0 saturated carbocycles. The molecule has 17 nitrogen and oxygen atoms in total. The standard InChI is InChI=1S/C46H57N7O10/c1-60-45(58)49-39(32-20-24-62-28-32)43(56)52-22-6-10-37(52)41(54)47-34-16-12-30(13-17-34)26-51(36-8-4-3-5-9-36)27-31-14-18-35(19-15-31)48-42(55)38-11-7-23-53(38)44(57)40(50-46(59)61-2)33-21-25-63-29-33/h3-5,8-9,12-19,32-33,37-40H,6-7,10-11,20-29H2,1-2H3,(H,47,54)(H,48,55)(H,49,58)(H,50,59). The molecule has 4 aliphatic rings. The van der Waals surface area contributed by atoms with Gasteiger partial charge in [-0.2, -0.15) is 0 Å². The van der Waals surface area contributed by atoms with Crippen LogP contribution in [0.4, 0.5) is 26.7 Å². The minimum atomic E-state index is -0.846. The molecule has 4 N–H and O–H groups in total. The summed E-state index contributed by atoms with van der Waals surface area (Å²) in [6, 6.07) is 22.2. The fourth-order valence-electron chi connectivity index (χ4n) is 8.89. The van der Waals surface area contributed by atoms with Crippen molar-refractivity contribution in [3.8, 4) is 0 Å². The summed E-state index contributed by atoms with van der Waals surface area (Å²) in [7, 11) is 2.50. The molecular formula is C46H57N7O10. The van der Waals surface area contributed by atoms with Crippen LogP contribution in [0.2, 0.25) is 0 Å². The van der Waals surface area contributed by atoms with E-state index >= 15 is 0 Å². The van der Waals surface area contributed by atoms with Gasteiger partial charge >= 0.3 is 12.2 Å². The van der Waals surface area contributed by atoms with Crippen molar-refractivity contribution in [1.82, 2.24) is 20.4 Å². The molecule has 0 radical (unpaired) electrons. The van der Waals surface area contributed by atoms with Crippen LogP contribution in [0.15, 0.2) is 78.9 Å². The molecule has 3 aromatic carbocycles. The molecule has 6 unspecified atom stereocenters. The van der Waals surface area contributed by atoms with Gasteiger partial charge in [0.15, 0.2) is 0 Å². The van der Waals surface area contributed by atoms with E-state index in [0.717, 1.165) is 16.8 Å². The van der Waals surface area contributed by atoms with Crippen LogP contribution < -0.4 is 26.2 Å². The summed E-state index contributed by atoms with van der Waals surface area (Å²) in [6.45, 7) is 3.63. The topological polar surface area (TPSA) is 197 Å². The van der Waals surface area contributed by atoms with Crippen LogP contribution in [0, 0.1) is 11.8 Å². The number of hydrogen-bond donors (Lipinski definition) is 4. The van der Waals surface area contributed by atoms with E-state index in [9.17, 15) is 28.8 Å². The number of nitrogens with one attached hydrogen (secondary N) is 4. The fourth-order valence-corrected chi connectivity index (χ4v) is 8.89.